The average Bonchev–Trinajstić information content (AvgIpc) is 3.43. The summed E-state index contributed by atoms with van der Waals surface area (Å²) < 4.78 is 39.7. The van der Waals surface area contributed by atoms with Gasteiger partial charge in [0.25, 0.3) is 0 Å². The maximum absolute atomic E-state index is 13.0. The van der Waals surface area contributed by atoms with Crippen molar-refractivity contribution in [3.05, 3.63) is 48.6 Å². The third-order valence-electron chi connectivity index (χ3n) is 14.2. The fraction of sp³-hybridized carbons (Fsp3) is 0.833. The minimum absolute atomic E-state index is 0.164. The number of rotatable bonds is 61. The van der Waals surface area contributed by atoms with Crippen LogP contribution in [-0.4, -0.2) is 66.5 Å². The maximum atomic E-state index is 13.0. The molecule has 0 fully saturated rings. The van der Waals surface area contributed by atoms with Crippen LogP contribution in [0.4, 0.5) is 0 Å². The lowest BCUT2D eigenvalue weighted by Crippen LogP contribution is -2.30. The minimum atomic E-state index is -4.76. The van der Waals surface area contributed by atoms with Gasteiger partial charge in [-0.1, -0.05) is 243 Å². The number of esters is 3. The molecule has 11 nitrogen and oxygen atoms in total. The highest BCUT2D eigenvalue weighted by molar-refractivity contribution is 7.47. The van der Waals surface area contributed by atoms with Crippen molar-refractivity contribution < 1.29 is 52.2 Å². The summed E-state index contributed by atoms with van der Waals surface area (Å²) in [6.45, 7) is 4.65. The maximum Gasteiger partial charge on any atom is 0.472 e. The molecule has 0 bridgehead atoms. The number of unbranched alkanes of at least 4 members (excludes halogenated alkanes) is 36. The lowest BCUT2D eigenvalue weighted by molar-refractivity contribution is -0.161. The Hall–Kier alpha value is -2.56. The molecule has 0 aromatic heterocycles. The van der Waals surface area contributed by atoms with E-state index in [9.17, 15) is 28.9 Å². The molecule has 456 valence electrons. The molecule has 0 rings (SSSR count). The van der Waals surface area contributed by atoms with Gasteiger partial charge in [0.2, 0.25) is 0 Å². The Morgan fingerprint density at radius 1 is 0.359 bits per heavy atom. The van der Waals surface area contributed by atoms with Gasteiger partial charge in [-0.2, -0.15) is 0 Å². The van der Waals surface area contributed by atoms with Gasteiger partial charge in [-0.3, -0.25) is 23.4 Å². The zero-order valence-corrected chi connectivity index (χ0v) is 51.5. The first-order valence-electron chi connectivity index (χ1n) is 32.5. The number of phosphoric acid groups is 1. The quantitative estimate of drug-likeness (QED) is 0.0197. The van der Waals surface area contributed by atoms with Crippen LogP contribution in [0.3, 0.4) is 0 Å². The highest BCUT2D eigenvalue weighted by atomic mass is 31.2. The van der Waals surface area contributed by atoms with Crippen LogP contribution < -0.4 is 0 Å². The number of aliphatic hydroxyl groups is 1. The molecule has 0 saturated carbocycles. The average molecular weight is 1120 g/mol. The topological polar surface area (TPSA) is 155 Å². The molecule has 0 spiro atoms. The Bertz CT molecular complexity index is 1490. The van der Waals surface area contributed by atoms with E-state index in [4.69, 9.17) is 23.3 Å². The Morgan fingerprint density at radius 2 is 0.628 bits per heavy atom. The SMILES string of the molecule is CCCCC/C=C\C/C=C\CCCCCCCC(=O)OCC(COP(=O)(O)OCC(CO)OC(=O)CCCCCCCCC/C=C\CCCCCCCC)OC(=O)CCCCCCCCCCC/C=C\CCCCCCCC. The van der Waals surface area contributed by atoms with Gasteiger partial charge in [-0.05, 0) is 103 Å². The molecular formula is C66H121O11P. The van der Waals surface area contributed by atoms with Gasteiger partial charge < -0.3 is 24.2 Å². The molecule has 0 heterocycles. The second kappa shape index (κ2) is 60.5. The van der Waals surface area contributed by atoms with E-state index in [0.29, 0.717) is 19.3 Å². The third-order valence-corrected chi connectivity index (χ3v) is 15.1. The standard InChI is InChI=1S/C66H121O11P/c1-4-7-10-13-16-19-22-25-28-30-31-33-36-39-42-45-48-51-54-57-66(70)77-63(59-73-64(68)55-52-49-46-43-40-37-34-27-24-21-18-15-12-9-6-3)61-75-78(71,72)74-60-62(58-67)76-65(69)56-53-50-47-44-41-38-35-32-29-26-23-20-17-14-11-8-5-2/h18,21,25-29,34,62-63,67H,4-17,19-20,22-24,30-33,35-61H2,1-3H3,(H,71,72)/b21-18-,28-25-,29-26-,34-27-. The summed E-state index contributed by atoms with van der Waals surface area (Å²) in [5.74, 6) is -1.47. The normalized spacial score (nSPS) is 13.6. The van der Waals surface area contributed by atoms with Crippen molar-refractivity contribution in [1.82, 2.24) is 0 Å². The Kier molecular flexibility index (Phi) is 58.5. The largest absolute Gasteiger partial charge is 0.472 e. The lowest BCUT2D eigenvalue weighted by Gasteiger charge is -2.21. The summed E-state index contributed by atoms with van der Waals surface area (Å²) in [6.07, 6.45) is 66.3. The molecule has 2 N–H and O–H groups in total. The molecule has 0 aliphatic carbocycles. The number of phosphoric ester groups is 1. The van der Waals surface area contributed by atoms with Crippen molar-refractivity contribution in [3.63, 3.8) is 0 Å². The molecule has 0 aliphatic heterocycles. The van der Waals surface area contributed by atoms with Crippen LogP contribution >= 0.6 is 7.82 Å². The van der Waals surface area contributed by atoms with E-state index >= 15 is 0 Å². The number of carbonyl (C=O) groups is 3. The molecule has 0 amide bonds. The number of ether oxygens (including phenoxy) is 3. The van der Waals surface area contributed by atoms with Gasteiger partial charge in [0.1, 0.15) is 12.7 Å². The molecule has 3 atom stereocenters. The van der Waals surface area contributed by atoms with Crippen LogP contribution in [0.5, 0.6) is 0 Å². The van der Waals surface area contributed by atoms with E-state index in [1.807, 2.05) is 0 Å². The number of hydrogen-bond donors (Lipinski definition) is 2. The fourth-order valence-corrected chi connectivity index (χ4v) is 9.99. The molecule has 0 aliphatic rings. The van der Waals surface area contributed by atoms with Gasteiger partial charge in [-0.15, -0.1) is 0 Å². The zero-order valence-electron chi connectivity index (χ0n) is 50.6. The lowest BCUT2D eigenvalue weighted by atomic mass is 10.1. The highest BCUT2D eigenvalue weighted by Gasteiger charge is 2.28. The van der Waals surface area contributed by atoms with Crippen molar-refractivity contribution in [3.8, 4) is 0 Å². The number of aliphatic hydroxyl groups excluding tert-OH is 1. The van der Waals surface area contributed by atoms with E-state index in [0.717, 1.165) is 89.9 Å². The van der Waals surface area contributed by atoms with Gasteiger partial charge in [0.05, 0.1) is 19.8 Å². The Labute approximate surface area is 479 Å². The van der Waals surface area contributed by atoms with E-state index in [1.165, 1.54) is 167 Å². The predicted molar refractivity (Wildman–Crippen MR) is 325 cm³/mol. The monoisotopic (exact) mass is 1120 g/mol. The fourth-order valence-electron chi connectivity index (χ4n) is 9.20. The minimum Gasteiger partial charge on any atom is -0.462 e. The second-order valence-electron chi connectivity index (χ2n) is 21.9. The van der Waals surface area contributed by atoms with Gasteiger partial charge in [-0.25, -0.2) is 4.57 Å². The van der Waals surface area contributed by atoms with Crippen LogP contribution in [0.25, 0.3) is 0 Å². The zero-order chi connectivity index (χ0) is 56.9. The van der Waals surface area contributed by atoms with Crippen molar-refractivity contribution in [2.24, 2.45) is 0 Å². The first-order chi connectivity index (χ1) is 38.2. The smallest absolute Gasteiger partial charge is 0.462 e. The van der Waals surface area contributed by atoms with Crippen LogP contribution in [0.15, 0.2) is 48.6 Å². The van der Waals surface area contributed by atoms with Crippen molar-refractivity contribution in [2.45, 2.75) is 328 Å². The predicted octanol–water partition coefficient (Wildman–Crippen LogP) is 19.7. The third kappa shape index (κ3) is 58.1. The molecule has 0 saturated heterocycles. The Balaban J connectivity index is 4.68. The first-order valence-corrected chi connectivity index (χ1v) is 34.0. The summed E-state index contributed by atoms with van der Waals surface area (Å²) in [7, 11) is -4.76. The molecule has 78 heavy (non-hydrogen) atoms. The molecule has 0 radical (unpaired) electrons. The van der Waals surface area contributed by atoms with E-state index in [-0.39, 0.29) is 25.9 Å². The molecule has 0 aromatic carbocycles. The van der Waals surface area contributed by atoms with E-state index < -0.39 is 57.8 Å². The van der Waals surface area contributed by atoms with Crippen LogP contribution in [-0.2, 0) is 42.2 Å². The molecule has 12 heteroatoms. The van der Waals surface area contributed by atoms with Crippen molar-refractivity contribution in [1.29, 1.82) is 0 Å². The number of allylic oxidation sites excluding steroid dienone is 8. The van der Waals surface area contributed by atoms with Gasteiger partial charge in [0.15, 0.2) is 6.10 Å². The highest BCUT2D eigenvalue weighted by Crippen LogP contribution is 2.43. The van der Waals surface area contributed by atoms with Gasteiger partial charge >= 0.3 is 25.7 Å². The number of hydrogen-bond acceptors (Lipinski definition) is 10. The number of carbonyl (C=O) groups excluding carboxylic acids is 3. The van der Waals surface area contributed by atoms with Crippen molar-refractivity contribution >= 4 is 25.7 Å². The summed E-state index contributed by atoms with van der Waals surface area (Å²) >= 11 is 0. The first kappa shape index (κ1) is 75.4. The van der Waals surface area contributed by atoms with Crippen LogP contribution in [0.1, 0.15) is 316 Å². The molecule has 0 aromatic rings. The summed E-state index contributed by atoms with van der Waals surface area (Å²) in [5, 5.41) is 9.85. The van der Waals surface area contributed by atoms with Crippen LogP contribution in [0.2, 0.25) is 0 Å². The summed E-state index contributed by atoms with van der Waals surface area (Å²) in [6, 6.07) is 0. The van der Waals surface area contributed by atoms with Crippen molar-refractivity contribution in [2.75, 3.05) is 26.4 Å². The van der Waals surface area contributed by atoms with Gasteiger partial charge in [0, 0.05) is 19.3 Å². The summed E-state index contributed by atoms with van der Waals surface area (Å²) in [4.78, 5) is 48.7. The van der Waals surface area contributed by atoms with E-state index in [1.54, 1.807) is 0 Å². The Morgan fingerprint density at radius 3 is 0.987 bits per heavy atom. The molecular weight excluding hydrogens is 1000 g/mol. The van der Waals surface area contributed by atoms with E-state index in [2.05, 4.69) is 69.4 Å². The second-order valence-corrected chi connectivity index (χ2v) is 23.4. The van der Waals surface area contributed by atoms with Crippen LogP contribution in [0, 0.1) is 0 Å². The molecule has 3 unspecified atom stereocenters. The summed E-state index contributed by atoms with van der Waals surface area (Å²) in [5.41, 5.74) is 0.